The molecule has 2 heterocycles. The van der Waals surface area contributed by atoms with E-state index in [1.165, 1.54) is 11.8 Å². The second-order valence-electron chi connectivity index (χ2n) is 4.80. The highest BCUT2D eigenvalue weighted by Crippen LogP contribution is 2.31. The van der Waals surface area contributed by atoms with Crippen molar-refractivity contribution in [2.75, 3.05) is 6.54 Å². The molecule has 0 radical (unpaired) electrons. The summed E-state index contributed by atoms with van der Waals surface area (Å²) >= 11 is 3.13. The number of nitrogens with zero attached hydrogens (tertiary/aromatic N) is 3. The van der Waals surface area contributed by atoms with Crippen molar-refractivity contribution in [1.82, 2.24) is 19.9 Å². The fraction of sp³-hybridized carbons (Fsp3) is 0.267. The van der Waals surface area contributed by atoms with Gasteiger partial charge in [-0.15, -0.1) is 11.3 Å². The van der Waals surface area contributed by atoms with Gasteiger partial charge in [0.05, 0.1) is 21.8 Å². The van der Waals surface area contributed by atoms with Gasteiger partial charge in [-0.2, -0.15) is 0 Å². The molecule has 2 aromatic heterocycles. The van der Waals surface area contributed by atoms with Gasteiger partial charge in [-0.25, -0.2) is 9.97 Å². The number of imidazole rings is 1. The van der Waals surface area contributed by atoms with Crippen molar-refractivity contribution in [3.05, 3.63) is 43.0 Å². The lowest BCUT2D eigenvalue weighted by molar-refractivity contribution is -0.120. The molecule has 22 heavy (non-hydrogen) atoms. The van der Waals surface area contributed by atoms with Crippen LogP contribution in [0.1, 0.15) is 6.92 Å². The second-order valence-corrected chi connectivity index (χ2v) is 7.42. The van der Waals surface area contributed by atoms with Gasteiger partial charge in [0.25, 0.3) is 0 Å². The van der Waals surface area contributed by atoms with Crippen LogP contribution in [0.2, 0.25) is 0 Å². The van der Waals surface area contributed by atoms with E-state index in [-0.39, 0.29) is 11.2 Å². The molecule has 114 valence electrons. The SMILES string of the molecule is C[C@@H](Sc1nc2ccccc2s1)C(=O)NCCn1ccnc1. The second kappa shape index (κ2) is 6.93. The molecule has 5 nitrogen and oxygen atoms in total. The summed E-state index contributed by atoms with van der Waals surface area (Å²) in [5, 5.41) is 2.78. The van der Waals surface area contributed by atoms with Crippen LogP contribution >= 0.6 is 23.1 Å². The molecule has 1 amide bonds. The molecule has 7 heteroatoms. The van der Waals surface area contributed by atoms with Gasteiger partial charge >= 0.3 is 0 Å². The number of thiazole rings is 1. The van der Waals surface area contributed by atoms with Gasteiger partial charge in [0.15, 0.2) is 4.34 Å². The number of carbonyl (C=O) groups excluding carboxylic acids is 1. The Labute approximate surface area is 136 Å². The Morgan fingerprint density at radius 2 is 2.32 bits per heavy atom. The summed E-state index contributed by atoms with van der Waals surface area (Å²) in [5.41, 5.74) is 0.989. The lowest BCUT2D eigenvalue weighted by Gasteiger charge is -2.10. The zero-order chi connectivity index (χ0) is 15.4. The van der Waals surface area contributed by atoms with E-state index in [0.29, 0.717) is 6.54 Å². The van der Waals surface area contributed by atoms with Crippen LogP contribution in [-0.2, 0) is 11.3 Å². The number of carbonyl (C=O) groups is 1. The van der Waals surface area contributed by atoms with E-state index >= 15 is 0 Å². The molecule has 0 aliphatic carbocycles. The van der Waals surface area contributed by atoms with Crippen LogP contribution in [0.15, 0.2) is 47.3 Å². The van der Waals surface area contributed by atoms with E-state index in [0.717, 1.165) is 21.1 Å². The standard InChI is InChI=1S/C15H16N4OS2/c1-11(14(20)17-7-9-19-8-6-16-10-19)21-15-18-12-4-2-3-5-13(12)22-15/h2-6,8,10-11H,7,9H2,1H3,(H,17,20)/t11-/m1/s1. The number of benzene rings is 1. The number of hydrogen-bond donors (Lipinski definition) is 1. The van der Waals surface area contributed by atoms with Crippen molar-refractivity contribution in [2.45, 2.75) is 23.1 Å². The molecule has 1 aromatic carbocycles. The number of fused-ring (bicyclic) bond motifs is 1. The zero-order valence-corrected chi connectivity index (χ0v) is 13.7. The zero-order valence-electron chi connectivity index (χ0n) is 12.1. The summed E-state index contributed by atoms with van der Waals surface area (Å²) in [6.07, 6.45) is 5.35. The molecular formula is C15H16N4OS2. The highest BCUT2D eigenvalue weighted by molar-refractivity contribution is 8.02. The Bertz CT molecular complexity index is 721. The fourth-order valence-electron chi connectivity index (χ4n) is 1.98. The highest BCUT2D eigenvalue weighted by Gasteiger charge is 2.16. The monoisotopic (exact) mass is 332 g/mol. The molecular weight excluding hydrogens is 316 g/mol. The molecule has 0 bridgehead atoms. The van der Waals surface area contributed by atoms with E-state index in [1.54, 1.807) is 23.9 Å². The van der Waals surface area contributed by atoms with Gasteiger partial charge in [-0.3, -0.25) is 4.79 Å². The lowest BCUT2D eigenvalue weighted by Crippen LogP contribution is -2.33. The van der Waals surface area contributed by atoms with Gasteiger partial charge in [-0.05, 0) is 19.1 Å². The Kier molecular flexibility index (Phi) is 4.74. The average Bonchev–Trinajstić information content (AvgIpc) is 3.15. The topological polar surface area (TPSA) is 59.8 Å². The van der Waals surface area contributed by atoms with Gasteiger partial charge in [0, 0.05) is 25.5 Å². The minimum absolute atomic E-state index is 0.0318. The number of para-hydroxylation sites is 1. The molecule has 0 fully saturated rings. The number of hydrogen-bond acceptors (Lipinski definition) is 5. The van der Waals surface area contributed by atoms with Crippen LogP contribution in [0.25, 0.3) is 10.2 Å². The Hall–Kier alpha value is -1.86. The first-order valence-electron chi connectivity index (χ1n) is 6.98. The number of aromatic nitrogens is 3. The van der Waals surface area contributed by atoms with Crippen LogP contribution in [0.5, 0.6) is 0 Å². The normalized spacial score (nSPS) is 12.4. The van der Waals surface area contributed by atoms with Crippen LogP contribution in [0.4, 0.5) is 0 Å². The van der Waals surface area contributed by atoms with E-state index < -0.39 is 0 Å². The van der Waals surface area contributed by atoms with Crippen LogP contribution in [0, 0.1) is 0 Å². The van der Waals surface area contributed by atoms with Crippen LogP contribution in [0.3, 0.4) is 0 Å². The van der Waals surface area contributed by atoms with Crippen molar-refractivity contribution < 1.29 is 4.79 Å². The molecule has 0 aliphatic heterocycles. The third-order valence-corrected chi connectivity index (χ3v) is 5.38. The van der Waals surface area contributed by atoms with Crippen molar-refractivity contribution in [1.29, 1.82) is 0 Å². The largest absolute Gasteiger partial charge is 0.353 e. The third kappa shape index (κ3) is 3.66. The highest BCUT2D eigenvalue weighted by atomic mass is 32.2. The molecule has 3 rings (SSSR count). The van der Waals surface area contributed by atoms with E-state index in [9.17, 15) is 4.79 Å². The number of nitrogens with one attached hydrogen (secondary N) is 1. The predicted octanol–water partition coefficient (Wildman–Crippen LogP) is 2.79. The molecule has 3 aromatic rings. The molecule has 0 saturated heterocycles. The van der Waals surface area contributed by atoms with Crippen LogP contribution in [-0.4, -0.2) is 32.2 Å². The van der Waals surface area contributed by atoms with E-state index in [2.05, 4.69) is 15.3 Å². The molecule has 0 aliphatic rings. The summed E-state index contributed by atoms with van der Waals surface area (Å²) in [7, 11) is 0. The summed E-state index contributed by atoms with van der Waals surface area (Å²) < 4.78 is 4.02. The third-order valence-electron chi connectivity index (χ3n) is 3.15. The maximum atomic E-state index is 12.1. The average molecular weight is 332 g/mol. The smallest absolute Gasteiger partial charge is 0.233 e. The quantitative estimate of drug-likeness (QED) is 0.705. The van der Waals surface area contributed by atoms with Crippen molar-refractivity contribution in [3.63, 3.8) is 0 Å². The van der Waals surface area contributed by atoms with E-state index in [1.807, 2.05) is 42.0 Å². The number of rotatable bonds is 6. The Morgan fingerprint density at radius 3 is 3.09 bits per heavy atom. The van der Waals surface area contributed by atoms with Gasteiger partial charge < -0.3 is 9.88 Å². The van der Waals surface area contributed by atoms with Crippen molar-refractivity contribution >= 4 is 39.2 Å². The summed E-state index contributed by atoms with van der Waals surface area (Å²) in [5.74, 6) is 0.0318. The number of thioether (sulfide) groups is 1. The van der Waals surface area contributed by atoms with Gasteiger partial charge in [0.1, 0.15) is 0 Å². The molecule has 1 atom stereocenters. The van der Waals surface area contributed by atoms with Crippen molar-refractivity contribution in [3.8, 4) is 0 Å². The van der Waals surface area contributed by atoms with Crippen molar-refractivity contribution in [2.24, 2.45) is 0 Å². The Balaban J connectivity index is 1.52. The molecule has 1 N–H and O–H groups in total. The summed E-state index contributed by atoms with van der Waals surface area (Å²) in [4.78, 5) is 20.6. The minimum atomic E-state index is -0.164. The molecule has 0 spiro atoms. The lowest BCUT2D eigenvalue weighted by atomic mass is 10.3. The first-order valence-corrected chi connectivity index (χ1v) is 8.67. The van der Waals surface area contributed by atoms with Gasteiger partial charge in [0.2, 0.25) is 5.91 Å². The number of amides is 1. The first kappa shape index (κ1) is 15.1. The minimum Gasteiger partial charge on any atom is -0.353 e. The molecule has 0 unspecified atom stereocenters. The maximum Gasteiger partial charge on any atom is 0.233 e. The fourth-order valence-corrected chi connectivity index (χ4v) is 4.21. The summed E-state index contributed by atoms with van der Waals surface area (Å²) in [6, 6.07) is 8.02. The maximum absolute atomic E-state index is 12.1. The summed E-state index contributed by atoms with van der Waals surface area (Å²) in [6.45, 7) is 3.23. The van der Waals surface area contributed by atoms with E-state index in [4.69, 9.17) is 0 Å². The molecule has 0 saturated carbocycles. The van der Waals surface area contributed by atoms with Gasteiger partial charge in [-0.1, -0.05) is 23.9 Å². The predicted molar refractivity (Wildman–Crippen MR) is 90.2 cm³/mol. The Morgan fingerprint density at radius 1 is 1.45 bits per heavy atom. The van der Waals surface area contributed by atoms with Crippen LogP contribution < -0.4 is 5.32 Å². The first-order chi connectivity index (χ1) is 10.7.